The molecule has 2 aliphatic rings. The lowest BCUT2D eigenvalue weighted by atomic mass is 10.1. The number of rotatable bonds is 5. The predicted molar refractivity (Wildman–Crippen MR) is 89.7 cm³/mol. The Balaban J connectivity index is 1.89. The van der Waals surface area contributed by atoms with E-state index in [-0.39, 0.29) is 5.78 Å². The molecule has 0 bridgehead atoms. The predicted octanol–water partition coefficient (Wildman–Crippen LogP) is 2.94. The fourth-order valence-electron chi connectivity index (χ4n) is 3.08. The maximum absolute atomic E-state index is 12.1. The van der Waals surface area contributed by atoms with Gasteiger partial charge in [-0.2, -0.15) is 0 Å². The minimum Gasteiger partial charge on any atom is -0.397 e. The Morgan fingerprint density at radius 3 is 2.43 bits per heavy atom. The summed E-state index contributed by atoms with van der Waals surface area (Å²) in [5.74, 6) is 0.789. The van der Waals surface area contributed by atoms with Crippen molar-refractivity contribution in [2.75, 3.05) is 43.4 Å². The van der Waals surface area contributed by atoms with Crippen molar-refractivity contribution in [3.63, 3.8) is 0 Å². The van der Waals surface area contributed by atoms with Crippen molar-refractivity contribution in [1.29, 1.82) is 0 Å². The standard InChI is InChI=1S/C16H25N3OS/c1-3-12(20)15-14(17)13(11-5-6-11)16(21-15)19-9-7-18(4-2)8-10-19/h11H,3-10,17H2,1-2H3. The molecule has 1 aromatic rings. The third-order valence-corrected chi connectivity index (χ3v) is 5.95. The number of anilines is 2. The van der Waals surface area contributed by atoms with Gasteiger partial charge in [-0.05, 0) is 25.3 Å². The topological polar surface area (TPSA) is 49.6 Å². The molecule has 2 N–H and O–H groups in total. The van der Waals surface area contributed by atoms with Gasteiger partial charge in [-0.15, -0.1) is 11.3 Å². The third-order valence-electron chi connectivity index (χ3n) is 4.63. The van der Waals surface area contributed by atoms with Gasteiger partial charge in [0.05, 0.1) is 15.6 Å². The summed E-state index contributed by atoms with van der Waals surface area (Å²) in [6, 6.07) is 0. The van der Waals surface area contributed by atoms with Gasteiger partial charge < -0.3 is 15.5 Å². The van der Waals surface area contributed by atoms with Gasteiger partial charge in [0.1, 0.15) is 0 Å². The van der Waals surface area contributed by atoms with Crippen LogP contribution in [0.15, 0.2) is 0 Å². The van der Waals surface area contributed by atoms with Crippen LogP contribution in [0.1, 0.15) is 54.3 Å². The largest absolute Gasteiger partial charge is 0.397 e. The number of ketones is 1. The van der Waals surface area contributed by atoms with E-state index in [9.17, 15) is 4.79 Å². The number of Topliss-reactive ketones (excluding diaryl/α,β-unsaturated/α-hetero) is 1. The van der Waals surface area contributed by atoms with Gasteiger partial charge >= 0.3 is 0 Å². The molecule has 4 nitrogen and oxygen atoms in total. The minimum absolute atomic E-state index is 0.192. The highest BCUT2D eigenvalue weighted by Crippen LogP contribution is 2.52. The number of nitrogens with zero attached hydrogens (tertiary/aromatic N) is 2. The first-order valence-electron chi connectivity index (χ1n) is 8.08. The van der Waals surface area contributed by atoms with Gasteiger partial charge in [-0.3, -0.25) is 4.79 Å². The molecular weight excluding hydrogens is 282 g/mol. The summed E-state index contributed by atoms with van der Waals surface area (Å²) in [6.07, 6.45) is 2.99. The van der Waals surface area contributed by atoms with Gasteiger partial charge in [0, 0.05) is 38.2 Å². The highest BCUT2D eigenvalue weighted by Gasteiger charge is 2.34. The molecule has 2 heterocycles. The quantitative estimate of drug-likeness (QED) is 0.850. The summed E-state index contributed by atoms with van der Waals surface area (Å²) in [6.45, 7) is 9.56. The van der Waals surface area contributed by atoms with E-state index in [1.807, 2.05) is 6.92 Å². The average molecular weight is 307 g/mol. The maximum atomic E-state index is 12.1. The van der Waals surface area contributed by atoms with Crippen LogP contribution < -0.4 is 10.6 Å². The number of likely N-dealkylation sites (N-methyl/N-ethyl adjacent to an activating group) is 1. The fraction of sp³-hybridized carbons (Fsp3) is 0.688. The molecule has 1 aromatic heterocycles. The second-order valence-corrected chi connectivity index (χ2v) is 7.04. The molecule has 1 saturated heterocycles. The smallest absolute Gasteiger partial charge is 0.174 e. The number of nitrogens with two attached hydrogens (primary N) is 1. The Bertz CT molecular complexity index is 528. The molecule has 116 valence electrons. The van der Waals surface area contributed by atoms with Crippen LogP contribution >= 0.6 is 11.3 Å². The Morgan fingerprint density at radius 2 is 1.90 bits per heavy atom. The zero-order valence-corrected chi connectivity index (χ0v) is 13.8. The van der Waals surface area contributed by atoms with Gasteiger partial charge in [0.2, 0.25) is 0 Å². The number of thiophene rings is 1. The number of piperazine rings is 1. The Kier molecular flexibility index (Phi) is 4.22. The highest BCUT2D eigenvalue weighted by molar-refractivity contribution is 7.19. The lowest BCUT2D eigenvalue weighted by molar-refractivity contribution is 0.0993. The molecule has 0 atom stereocenters. The number of carbonyl (C=O) groups is 1. The van der Waals surface area contributed by atoms with E-state index in [4.69, 9.17) is 5.73 Å². The van der Waals surface area contributed by atoms with Crippen LogP contribution in [0, 0.1) is 0 Å². The lowest BCUT2D eigenvalue weighted by Gasteiger charge is -2.35. The molecule has 3 rings (SSSR count). The zero-order chi connectivity index (χ0) is 15.0. The number of carbonyl (C=O) groups excluding carboxylic acids is 1. The molecular formula is C16H25N3OS. The molecule has 2 fully saturated rings. The first kappa shape index (κ1) is 14.9. The van der Waals surface area contributed by atoms with Crippen LogP contribution in [-0.2, 0) is 0 Å². The highest BCUT2D eigenvalue weighted by atomic mass is 32.1. The van der Waals surface area contributed by atoms with Crippen molar-refractivity contribution in [2.45, 2.75) is 39.0 Å². The molecule has 0 spiro atoms. The van der Waals surface area contributed by atoms with Crippen molar-refractivity contribution in [1.82, 2.24) is 4.90 Å². The molecule has 0 unspecified atom stereocenters. The van der Waals surface area contributed by atoms with E-state index in [0.717, 1.165) is 43.3 Å². The molecule has 1 saturated carbocycles. The van der Waals surface area contributed by atoms with Gasteiger partial charge in [0.25, 0.3) is 0 Å². The monoisotopic (exact) mass is 307 g/mol. The SMILES string of the molecule is CCC(=O)c1sc(N2CCN(CC)CC2)c(C2CC2)c1N. The summed E-state index contributed by atoms with van der Waals surface area (Å²) >= 11 is 1.64. The van der Waals surface area contributed by atoms with Crippen LogP contribution in [0.25, 0.3) is 0 Å². The van der Waals surface area contributed by atoms with Crippen molar-refractivity contribution in [3.8, 4) is 0 Å². The van der Waals surface area contributed by atoms with E-state index < -0.39 is 0 Å². The summed E-state index contributed by atoms with van der Waals surface area (Å²) in [5.41, 5.74) is 8.39. The summed E-state index contributed by atoms with van der Waals surface area (Å²) in [7, 11) is 0. The average Bonchev–Trinajstić information content (AvgIpc) is 3.30. The molecule has 0 radical (unpaired) electrons. The normalized spacial score (nSPS) is 20.0. The molecule has 5 heteroatoms. The van der Waals surface area contributed by atoms with E-state index in [0.29, 0.717) is 12.3 Å². The third kappa shape index (κ3) is 2.81. The summed E-state index contributed by atoms with van der Waals surface area (Å²) < 4.78 is 0. The van der Waals surface area contributed by atoms with Crippen molar-refractivity contribution >= 4 is 27.8 Å². The summed E-state index contributed by atoms with van der Waals surface area (Å²) in [5, 5.41) is 1.28. The Morgan fingerprint density at radius 1 is 1.24 bits per heavy atom. The minimum atomic E-state index is 0.192. The van der Waals surface area contributed by atoms with E-state index >= 15 is 0 Å². The number of hydrogen-bond acceptors (Lipinski definition) is 5. The van der Waals surface area contributed by atoms with Crippen LogP contribution in [0.5, 0.6) is 0 Å². The fourth-order valence-corrected chi connectivity index (χ4v) is 4.45. The van der Waals surface area contributed by atoms with E-state index in [2.05, 4.69) is 16.7 Å². The second kappa shape index (κ2) is 5.97. The van der Waals surface area contributed by atoms with E-state index in [1.165, 1.54) is 23.4 Å². The summed E-state index contributed by atoms with van der Waals surface area (Å²) in [4.78, 5) is 17.9. The molecule has 1 aliphatic carbocycles. The molecule has 0 aromatic carbocycles. The van der Waals surface area contributed by atoms with Crippen LogP contribution in [0.4, 0.5) is 10.7 Å². The van der Waals surface area contributed by atoms with E-state index in [1.54, 1.807) is 11.3 Å². The first-order chi connectivity index (χ1) is 10.2. The van der Waals surface area contributed by atoms with Crippen molar-refractivity contribution in [3.05, 3.63) is 10.4 Å². The number of nitrogen functional groups attached to an aromatic ring is 1. The Hall–Kier alpha value is -1.07. The molecule has 0 amide bonds. The van der Waals surface area contributed by atoms with Crippen LogP contribution in [-0.4, -0.2) is 43.4 Å². The van der Waals surface area contributed by atoms with Crippen molar-refractivity contribution in [2.24, 2.45) is 0 Å². The number of hydrogen-bond donors (Lipinski definition) is 1. The van der Waals surface area contributed by atoms with Crippen LogP contribution in [0.2, 0.25) is 0 Å². The van der Waals surface area contributed by atoms with Gasteiger partial charge in [-0.1, -0.05) is 13.8 Å². The Labute approximate surface area is 130 Å². The zero-order valence-electron chi connectivity index (χ0n) is 13.0. The molecule has 1 aliphatic heterocycles. The van der Waals surface area contributed by atoms with Gasteiger partial charge in [-0.25, -0.2) is 0 Å². The van der Waals surface area contributed by atoms with Crippen molar-refractivity contribution < 1.29 is 4.79 Å². The lowest BCUT2D eigenvalue weighted by Crippen LogP contribution is -2.46. The first-order valence-corrected chi connectivity index (χ1v) is 8.90. The van der Waals surface area contributed by atoms with Crippen LogP contribution in [0.3, 0.4) is 0 Å². The molecule has 21 heavy (non-hydrogen) atoms. The van der Waals surface area contributed by atoms with Gasteiger partial charge in [0.15, 0.2) is 5.78 Å². The maximum Gasteiger partial charge on any atom is 0.174 e. The second-order valence-electron chi connectivity index (χ2n) is 6.04.